The Kier molecular flexibility index (Phi) is 6.39. The zero-order valence-electron chi connectivity index (χ0n) is 19.3. The second-order valence-corrected chi connectivity index (χ2v) is 9.08. The monoisotopic (exact) mass is 546 g/mol. The lowest BCUT2D eigenvalue weighted by Gasteiger charge is -2.16. The van der Waals surface area contributed by atoms with E-state index in [9.17, 15) is 26.3 Å². The summed E-state index contributed by atoms with van der Waals surface area (Å²) in [4.78, 5) is 0. The average Bonchev–Trinajstić information content (AvgIpc) is 3.37. The van der Waals surface area contributed by atoms with Crippen LogP contribution in [0.1, 0.15) is 11.1 Å². The SMILES string of the molecule is CNc1nnc(-c2ccc(-c3nnc(Nc4cc(C(F)(F)F)cc(C(F)(F)F)c4)c4ccccc34)cc2)s1. The van der Waals surface area contributed by atoms with Crippen LogP contribution in [-0.4, -0.2) is 27.4 Å². The van der Waals surface area contributed by atoms with E-state index in [4.69, 9.17) is 0 Å². The summed E-state index contributed by atoms with van der Waals surface area (Å²) in [6, 6.07) is 15.4. The van der Waals surface area contributed by atoms with Gasteiger partial charge in [-0.05, 0) is 18.2 Å². The second kappa shape index (κ2) is 9.56. The first-order valence-electron chi connectivity index (χ1n) is 11.0. The fourth-order valence-electron chi connectivity index (χ4n) is 3.78. The van der Waals surface area contributed by atoms with Crippen LogP contribution in [0.25, 0.3) is 32.6 Å². The molecule has 0 bridgehead atoms. The van der Waals surface area contributed by atoms with E-state index in [1.165, 1.54) is 11.3 Å². The van der Waals surface area contributed by atoms with Gasteiger partial charge in [0.25, 0.3) is 0 Å². The predicted octanol–water partition coefficient (Wildman–Crippen LogP) is 7.64. The van der Waals surface area contributed by atoms with Gasteiger partial charge in [0.1, 0.15) is 10.7 Å². The molecule has 3 aromatic carbocycles. The lowest BCUT2D eigenvalue weighted by Crippen LogP contribution is -2.12. The highest BCUT2D eigenvalue weighted by molar-refractivity contribution is 7.18. The van der Waals surface area contributed by atoms with Crippen LogP contribution >= 0.6 is 11.3 Å². The molecule has 0 amide bonds. The Morgan fingerprint density at radius 2 is 1.29 bits per heavy atom. The van der Waals surface area contributed by atoms with Gasteiger partial charge in [-0.1, -0.05) is 59.9 Å². The van der Waals surface area contributed by atoms with Gasteiger partial charge in [0.05, 0.1) is 11.1 Å². The molecule has 5 aromatic rings. The lowest BCUT2D eigenvalue weighted by atomic mass is 10.0. The number of benzene rings is 3. The first-order valence-corrected chi connectivity index (χ1v) is 11.8. The third-order valence-corrected chi connectivity index (χ3v) is 6.57. The number of fused-ring (bicyclic) bond motifs is 1. The topological polar surface area (TPSA) is 75.6 Å². The van der Waals surface area contributed by atoms with Gasteiger partial charge in [0.15, 0.2) is 5.82 Å². The molecule has 2 aromatic heterocycles. The van der Waals surface area contributed by atoms with Crippen LogP contribution < -0.4 is 10.6 Å². The van der Waals surface area contributed by atoms with Crippen LogP contribution in [0.15, 0.2) is 66.7 Å². The maximum Gasteiger partial charge on any atom is 0.416 e. The molecule has 0 aliphatic heterocycles. The van der Waals surface area contributed by atoms with Gasteiger partial charge in [0.2, 0.25) is 5.13 Å². The summed E-state index contributed by atoms with van der Waals surface area (Å²) in [6.45, 7) is 0. The first-order chi connectivity index (χ1) is 18.0. The molecule has 5 rings (SSSR count). The quantitative estimate of drug-likeness (QED) is 0.221. The summed E-state index contributed by atoms with van der Waals surface area (Å²) in [7, 11) is 1.75. The molecule has 0 radical (unpaired) electrons. The molecular weight excluding hydrogens is 530 g/mol. The molecule has 2 heterocycles. The number of rotatable bonds is 5. The van der Waals surface area contributed by atoms with Crippen molar-refractivity contribution in [2.75, 3.05) is 17.7 Å². The van der Waals surface area contributed by atoms with Crippen molar-refractivity contribution in [1.82, 2.24) is 20.4 Å². The van der Waals surface area contributed by atoms with Crippen LogP contribution in [0.2, 0.25) is 0 Å². The molecule has 0 unspecified atom stereocenters. The van der Waals surface area contributed by atoms with Gasteiger partial charge in [0, 0.05) is 34.6 Å². The summed E-state index contributed by atoms with van der Waals surface area (Å²) in [5.41, 5.74) is -1.23. The second-order valence-electron chi connectivity index (χ2n) is 8.10. The van der Waals surface area contributed by atoms with E-state index in [0.717, 1.165) is 10.6 Å². The minimum atomic E-state index is -4.97. The third kappa shape index (κ3) is 5.09. The molecule has 0 fully saturated rings. The summed E-state index contributed by atoms with van der Waals surface area (Å²) in [5.74, 6) is 0.0156. The Balaban J connectivity index is 1.53. The molecule has 13 heteroatoms. The van der Waals surface area contributed by atoms with Crippen molar-refractivity contribution in [2.24, 2.45) is 0 Å². The average molecular weight is 547 g/mol. The molecule has 6 nitrogen and oxygen atoms in total. The van der Waals surface area contributed by atoms with Crippen molar-refractivity contribution in [1.29, 1.82) is 0 Å². The van der Waals surface area contributed by atoms with Crippen LogP contribution in [-0.2, 0) is 12.4 Å². The molecule has 0 spiro atoms. The number of hydrogen-bond donors (Lipinski definition) is 2. The van der Waals surface area contributed by atoms with Crippen LogP contribution in [0.4, 0.5) is 43.0 Å². The molecule has 0 aliphatic carbocycles. The number of halogens is 6. The van der Waals surface area contributed by atoms with Gasteiger partial charge in [-0.3, -0.25) is 0 Å². The smallest absolute Gasteiger partial charge is 0.363 e. The summed E-state index contributed by atoms with van der Waals surface area (Å²) in [6.07, 6.45) is -9.93. The Morgan fingerprint density at radius 3 is 1.87 bits per heavy atom. The van der Waals surface area contributed by atoms with Crippen LogP contribution in [0.3, 0.4) is 0 Å². The van der Waals surface area contributed by atoms with Crippen molar-refractivity contribution in [3.63, 3.8) is 0 Å². The van der Waals surface area contributed by atoms with Crippen molar-refractivity contribution in [3.05, 3.63) is 77.9 Å². The highest BCUT2D eigenvalue weighted by Crippen LogP contribution is 2.39. The standard InChI is InChI=1S/C25H16F6N6S/c1-32-23-37-36-22(38-23)14-8-6-13(7-9-14)20-18-4-2-3-5-19(18)21(35-34-20)33-17-11-15(24(26,27)28)10-16(12-17)25(29,30)31/h2-12H,1H3,(H,32,37)(H,33,35). The Labute approximate surface area is 215 Å². The molecule has 0 aliphatic rings. The minimum absolute atomic E-state index is 0.0156. The number of aromatic nitrogens is 4. The summed E-state index contributed by atoms with van der Waals surface area (Å²) < 4.78 is 79.7. The number of hydrogen-bond acceptors (Lipinski definition) is 7. The predicted molar refractivity (Wildman–Crippen MR) is 133 cm³/mol. The van der Waals surface area contributed by atoms with E-state index in [1.807, 2.05) is 24.3 Å². The van der Waals surface area contributed by atoms with E-state index in [0.29, 0.717) is 39.3 Å². The van der Waals surface area contributed by atoms with Gasteiger partial charge >= 0.3 is 12.4 Å². The van der Waals surface area contributed by atoms with Gasteiger partial charge in [-0.15, -0.1) is 20.4 Å². The van der Waals surface area contributed by atoms with E-state index >= 15 is 0 Å². The third-order valence-electron chi connectivity index (χ3n) is 5.58. The normalized spacial score (nSPS) is 12.1. The number of alkyl halides is 6. The molecule has 0 atom stereocenters. The Morgan fingerprint density at radius 1 is 0.684 bits per heavy atom. The minimum Gasteiger partial charge on any atom is -0.363 e. The van der Waals surface area contributed by atoms with E-state index < -0.39 is 29.2 Å². The fourth-order valence-corrected chi connectivity index (χ4v) is 4.49. The van der Waals surface area contributed by atoms with Crippen molar-refractivity contribution in [2.45, 2.75) is 12.4 Å². The number of nitrogens with zero attached hydrogens (tertiary/aromatic N) is 4. The van der Waals surface area contributed by atoms with E-state index in [2.05, 4.69) is 31.0 Å². The molecule has 2 N–H and O–H groups in total. The largest absolute Gasteiger partial charge is 0.416 e. The van der Waals surface area contributed by atoms with Crippen molar-refractivity contribution < 1.29 is 26.3 Å². The molecule has 0 saturated carbocycles. The molecular formula is C25H16F6N6S. The zero-order chi connectivity index (χ0) is 27.1. The Hall–Kier alpha value is -4.26. The van der Waals surface area contributed by atoms with Crippen LogP contribution in [0, 0.1) is 0 Å². The molecule has 38 heavy (non-hydrogen) atoms. The highest BCUT2D eigenvalue weighted by atomic mass is 32.1. The van der Waals surface area contributed by atoms with Gasteiger partial charge in [-0.2, -0.15) is 26.3 Å². The highest BCUT2D eigenvalue weighted by Gasteiger charge is 2.37. The maximum atomic E-state index is 13.3. The number of nitrogens with one attached hydrogen (secondary N) is 2. The van der Waals surface area contributed by atoms with Crippen molar-refractivity contribution in [3.8, 4) is 21.8 Å². The van der Waals surface area contributed by atoms with E-state index in [1.54, 1.807) is 31.3 Å². The zero-order valence-corrected chi connectivity index (χ0v) is 20.1. The summed E-state index contributed by atoms with van der Waals surface area (Å²) in [5, 5.41) is 24.5. The fraction of sp³-hybridized carbons (Fsp3) is 0.120. The number of anilines is 3. The maximum absolute atomic E-state index is 13.3. The summed E-state index contributed by atoms with van der Waals surface area (Å²) >= 11 is 1.39. The molecule has 0 saturated heterocycles. The lowest BCUT2D eigenvalue weighted by molar-refractivity contribution is -0.143. The first kappa shape index (κ1) is 25.4. The Bertz CT molecular complexity index is 1580. The van der Waals surface area contributed by atoms with Gasteiger partial charge < -0.3 is 10.6 Å². The van der Waals surface area contributed by atoms with Crippen LogP contribution in [0.5, 0.6) is 0 Å². The van der Waals surface area contributed by atoms with Gasteiger partial charge in [-0.25, -0.2) is 0 Å². The molecule has 194 valence electrons. The van der Waals surface area contributed by atoms with Crippen molar-refractivity contribution >= 4 is 38.7 Å². The van der Waals surface area contributed by atoms with E-state index in [-0.39, 0.29) is 11.9 Å².